The van der Waals surface area contributed by atoms with Gasteiger partial charge in [-0.1, -0.05) is 6.07 Å². The summed E-state index contributed by atoms with van der Waals surface area (Å²) in [6.07, 6.45) is 1.14. The van der Waals surface area contributed by atoms with E-state index in [4.69, 9.17) is 0 Å². The molecule has 116 valence electrons. The third kappa shape index (κ3) is 3.66. The van der Waals surface area contributed by atoms with Crippen LogP contribution >= 0.6 is 0 Å². The number of anilines is 2. The van der Waals surface area contributed by atoms with E-state index in [1.807, 2.05) is 0 Å². The van der Waals surface area contributed by atoms with Crippen LogP contribution in [0.5, 0.6) is 5.75 Å². The molecule has 2 aromatic rings. The third-order valence-corrected chi connectivity index (χ3v) is 2.96. The van der Waals surface area contributed by atoms with Gasteiger partial charge in [0, 0.05) is 17.3 Å². The summed E-state index contributed by atoms with van der Waals surface area (Å²) < 4.78 is 29.0. The second-order valence-electron chi connectivity index (χ2n) is 4.60. The Morgan fingerprint density at radius 2 is 2.00 bits per heavy atom. The summed E-state index contributed by atoms with van der Waals surface area (Å²) in [5, 5.41) is 13.6. The number of aryl methyl sites for hydroxylation is 2. The topological polar surface area (TPSA) is 77.3 Å². The normalized spacial score (nSPS) is 10.6. The van der Waals surface area contributed by atoms with Gasteiger partial charge in [-0.2, -0.15) is 8.78 Å². The van der Waals surface area contributed by atoms with Crippen LogP contribution in [-0.2, 0) is 0 Å². The van der Waals surface area contributed by atoms with E-state index in [2.05, 4.69) is 15.0 Å². The molecule has 8 heteroatoms. The van der Waals surface area contributed by atoms with Crippen molar-refractivity contribution in [3.8, 4) is 5.75 Å². The first kappa shape index (κ1) is 15.6. The number of benzene rings is 1. The van der Waals surface area contributed by atoms with Gasteiger partial charge in [-0.15, -0.1) is 0 Å². The minimum absolute atomic E-state index is 0.0543. The maximum absolute atomic E-state index is 12.3. The van der Waals surface area contributed by atoms with Crippen molar-refractivity contribution in [3.05, 3.63) is 51.7 Å². The molecule has 0 unspecified atom stereocenters. The van der Waals surface area contributed by atoms with E-state index in [-0.39, 0.29) is 11.4 Å². The molecule has 0 atom stereocenters. The van der Waals surface area contributed by atoms with Crippen molar-refractivity contribution >= 4 is 17.2 Å². The number of ether oxygens (including phenoxy) is 1. The van der Waals surface area contributed by atoms with E-state index >= 15 is 0 Å². The van der Waals surface area contributed by atoms with Gasteiger partial charge in [-0.25, -0.2) is 4.98 Å². The predicted molar refractivity (Wildman–Crippen MR) is 76.7 cm³/mol. The Bertz CT molecular complexity index is 708. The zero-order valence-corrected chi connectivity index (χ0v) is 11.8. The lowest BCUT2D eigenvalue weighted by Gasteiger charge is -2.11. The van der Waals surface area contributed by atoms with Crippen LogP contribution in [0.4, 0.5) is 26.0 Å². The van der Waals surface area contributed by atoms with Crippen molar-refractivity contribution in [2.45, 2.75) is 20.5 Å². The van der Waals surface area contributed by atoms with Gasteiger partial charge in [-0.05, 0) is 31.5 Å². The number of rotatable bonds is 5. The molecule has 6 nitrogen and oxygen atoms in total. The molecule has 0 spiro atoms. The lowest BCUT2D eigenvalue weighted by atomic mass is 10.2. The Balaban J connectivity index is 2.24. The van der Waals surface area contributed by atoms with Crippen molar-refractivity contribution in [3.63, 3.8) is 0 Å². The number of hydrogen-bond donors (Lipinski definition) is 1. The summed E-state index contributed by atoms with van der Waals surface area (Å²) in [6.45, 7) is 0.329. The number of nitro groups is 1. The molecule has 0 aliphatic rings. The Labute approximate surface area is 124 Å². The smallest absolute Gasteiger partial charge is 0.387 e. The molecular formula is C14H13F2N3O3. The Kier molecular flexibility index (Phi) is 4.50. The first-order valence-electron chi connectivity index (χ1n) is 6.30. The van der Waals surface area contributed by atoms with Crippen molar-refractivity contribution < 1.29 is 18.4 Å². The van der Waals surface area contributed by atoms with Gasteiger partial charge in [0.25, 0.3) is 5.69 Å². The molecule has 1 aromatic carbocycles. The molecule has 0 amide bonds. The minimum atomic E-state index is -2.91. The maximum atomic E-state index is 12.3. The van der Waals surface area contributed by atoms with E-state index in [0.717, 1.165) is 6.20 Å². The first-order valence-corrected chi connectivity index (χ1v) is 6.30. The van der Waals surface area contributed by atoms with Crippen molar-refractivity contribution in [2.24, 2.45) is 0 Å². The summed E-state index contributed by atoms with van der Waals surface area (Å²) in [4.78, 5) is 14.1. The fraction of sp³-hybridized carbons (Fsp3) is 0.214. The highest BCUT2D eigenvalue weighted by Crippen LogP contribution is 2.27. The van der Waals surface area contributed by atoms with E-state index in [9.17, 15) is 18.9 Å². The maximum Gasteiger partial charge on any atom is 0.387 e. The van der Waals surface area contributed by atoms with Gasteiger partial charge in [0.2, 0.25) is 0 Å². The van der Waals surface area contributed by atoms with Crippen LogP contribution in [0, 0.1) is 24.0 Å². The fourth-order valence-corrected chi connectivity index (χ4v) is 1.86. The largest absolute Gasteiger partial charge is 0.434 e. The number of hydrogen-bond acceptors (Lipinski definition) is 5. The summed E-state index contributed by atoms with van der Waals surface area (Å²) in [7, 11) is 0. The van der Waals surface area contributed by atoms with Crippen molar-refractivity contribution in [1.82, 2.24) is 4.98 Å². The van der Waals surface area contributed by atoms with Gasteiger partial charge in [0.15, 0.2) is 0 Å². The second-order valence-corrected chi connectivity index (χ2v) is 4.60. The van der Waals surface area contributed by atoms with Gasteiger partial charge in [0.1, 0.15) is 17.8 Å². The Morgan fingerprint density at radius 1 is 1.27 bits per heavy atom. The van der Waals surface area contributed by atoms with Crippen LogP contribution in [0.3, 0.4) is 0 Å². The fourth-order valence-electron chi connectivity index (χ4n) is 1.86. The van der Waals surface area contributed by atoms with Crippen LogP contribution in [0.1, 0.15) is 11.1 Å². The number of nitrogens with one attached hydrogen (secondary N) is 1. The average Bonchev–Trinajstić information content (AvgIpc) is 2.41. The molecule has 1 heterocycles. The standard InChI is InChI=1S/C14H13F2N3O3/c1-8-3-4-10(6-12(8)22-14(15)16)18-13-5-9(2)11(7-17-13)19(20)21/h3-7,14H,1-2H3,(H,17,18). The van der Waals surface area contributed by atoms with Gasteiger partial charge >= 0.3 is 6.61 Å². The molecule has 2 rings (SSSR count). The summed E-state index contributed by atoms with van der Waals surface area (Å²) in [5.74, 6) is 0.425. The predicted octanol–water partition coefficient (Wildman–Crippen LogP) is 3.95. The number of nitrogens with zero attached hydrogens (tertiary/aromatic N) is 2. The minimum Gasteiger partial charge on any atom is -0.434 e. The molecule has 22 heavy (non-hydrogen) atoms. The van der Waals surface area contributed by atoms with Crippen LogP contribution in [0.15, 0.2) is 30.5 Å². The lowest BCUT2D eigenvalue weighted by Crippen LogP contribution is -2.04. The summed E-state index contributed by atoms with van der Waals surface area (Å²) in [6, 6.07) is 6.22. The van der Waals surface area contributed by atoms with Crippen LogP contribution < -0.4 is 10.1 Å². The molecule has 0 aliphatic heterocycles. The number of halogens is 2. The van der Waals surface area contributed by atoms with E-state index < -0.39 is 11.5 Å². The molecule has 1 N–H and O–H groups in total. The molecule has 0 saturated carbocycles. The van der Waals surface area contributed by atoms with E-state index in [1.54, 1.807) is 26.0 Å². The van der Waals surface area contributed by atoms with E-state index in [1.165, 1.54) is 12.1 Å². The summed E-state index contributed by atoms with van der Waals surface area (Å²) >= 11 is 0. The average molecular weight is 309 g/mol. The molecule has 0 aliphatic carbocycles. The molecular weight excluding hydrogens is 296 g/mol. The van der Waals surface area contributed by atoms with Crippen LogP contribution in [0.25, 0.3) is 0 Å². The van der Waals surface area contributed by atoms with Crippen LogP contribution in [0.2, 0.25) is 0 Å². The highest BCUT2D eigenvalue weighted by molar-refractivity contribution is 5.61. The third-order valence-electron chi connectivity index (χ3n) is 2.96. The van der Waals surface area contributed by atoms with E-state index in [0.29, 0.717) is 22.6 Å². The van der Waals surface area contributed by atoms with Crippen LogP contribution in [-0.4, -0.2) is 16.5 Å². The highest BCUT2D eigenvalue weighted by atomic mass is 19.3. The van der Waals surface area contributed by atoms with Gasteiger partial charge in [-0.3, -0.25) is 10.1 Å². The lowest BCUT2D eigenvalue weighted by molar-refractivity contribution is -0.385. The monoisotopic (exact) mass is 309 g/mol. The SMILES string of the molecule is Cc1ccc(Nc2cc(C)c([N+](=O)[O-])cn2)cc1OC(F)F. The highest BCUT2D eigenvalue weighted by Gasteiger charge is 2.12. The molecule has 0 radical (unpaired) electrons. The molecule has 0 fully saturated rings. The number of pyridine rings is 1. The summed E-state index contributed by atoms with van der Waals surface area (Å²) in [5.41, 5.74) is 1.41. The second kappa shape index (κ2) is 6.33. The van der Waals surface area contributed by atoms with Crippen molar-refractivity contribution in [2.75, 3.05) is 5.32 Å². The Hall–Kier alpha value is -2.77. The molecule has 1 aromatic heterocycles. The first-order chi connectivity index (χ1) is 10.4. The van der Waals surface area contributed by atoms with Gasteiger partial charge in [0.05, 0.1) is 4.92 Å². The molecule has 0 bridgehead atoms. The number of aromatic nitrogens is 1. The van der Waals surface area contributed by atoms with Crippen molar-refractivity contribution in [1.29, 1.82) is 0 Å². The number of alkyl halides is 2. The Morgan fingerprint density at radius 3 is 2.59 bits per heavy atom. The molecule has 0 saturated heterocycles. The zero-order valence-electron chi connectivity index (χ0n) is 11.8. The zero-order chi connectivity index (χ0) is 16.3. The van der Waals surface area contributed by atoms with Gasteiger partial charge < -0.3 is 10.1 Å². The quantitative estimate of drug-likeness (QED) is 0.668.